The molecule has 1 nitrogen and oxygen atoms in total. The molecule has 0 aliphatic carbocycles. The molecule has 0 saturated heterocycles. The quantitative estimate of drug-likeness (QED) is 0.437. The van der Waals surface area contributed by atoms with E-state index in [0.717, 1.165) is 0 Å². The van der Waals surface area contributed by atoms with Crippen molar-refractivity contribution in [3.63, 3.8) is 0 Å². The zero-order valence-electron chi connectivity index (χ0n) is 5.14. The highest BCUT2D eigenvalue weighted by Crippen LogP contribution is 1.95. The lowest BCUT2D eigenvalue weighted by atomic mass is 10.3. The number of allylic oxidation sites excluding steroid dienone is 3. The molecule has 9 heavy (non-hydrogen) atoms. The lowest BCUT2D eigenvalue weighted by Gasteiger charge is -1.82. The Morgan fingerprint density at radius 2 is 2.33 bits per heavy atom. The van der Waals surface area contributed by atoms with E-state index in [9.17, 15) is 4.79 Å². The molecule has 0 aromatic heterocycles. The summed E-state index contributed by atoms with van der Waals surface area (Å²) in [5.74, 6) is 0. The van der Waals surface area contributed by atoms with Crippen molar-refractivity contribution < 1.29 is 4.79 Å². The SMILES string of the molecule is C=C/C=C/CCC(=O)Cl. The molecule has 0 heterocycles. The number of hydrogen-bond acceptors (Lipinski definition) is 1. The molecule has 0 fully saturated rings. The van der Waals surface area contributed by atoms with Gasteiger partial charge in [-0.15, -0.1) is 0 Å². The van der Waals surface area contributed by atoms with E-state index in [2.05, 4.69) is 6.58 Å². The summed E-state index contributed by atoms with van der Waals surface area (Å²) in [6, 6.07) is 0. The van der Waals surface area contributed by atoms with Gasteiger partial charge in [0.25, 0.3) is 0 Å². The lowest BCUT2D eigenvalue weighted by molar-refractivity contribution is -0.111. The van der Waals surface area contributed by atoms with Gasteiger partial charge in [0.1, 0.15) is 0 Å². The molecule has 0 amide bonds. The molecule has 0 rings (SSSR count). The maximum atomic E-state index is 10.1. The highest BCUT2D eigenvalue weighted by atomic mass is 35.5. The summed E-state index contributed by atoms with van der Waals surface area (Å²) in [6.45, 7) is 3.47. The van der Waals surface area contributed by atoms with E-state index in [1.54, 1.807) is 12.2 Å². The zero-order chi connectivity index (χ0) is 7.11. The Hall–Kier alpha value is -0.560. The molecule has 0 radical (unpaired) electrons. The summed E-state index contributed by atoms with van der Waals surface area (Å²) < 4.78 is 0. The molecular weight excluding hydrogens is 136 g/mol. The van der Waals surface area contributed by atoms with E-state index < -0.39 is 0 Å². The smallest absolute Gasteiger partial charge is 0.221 e. The first-order valence-electron chi connectivity index (χ1n) is 2.73. The third-order valence-electron chi connectivity index (χ3n) is 0.780. The fourth-order valence-corrected chi connectivity index (χ4v) is 0.498. The van der Waals surface area contributed by atoms with Crippen LogP contribution in [0.1, 0.15) is 12.8 Å². The molecule has 0 aliphatic heterocycles. The Labute approximate surface area is 60.0 Å². The second kappa shape index (κ2) is 5.57. The second-order valence-corrected chi connectivity index (χ2v) is 1.98. The van der Waals surface area contributed by atoms with Crippen molar-refractivity contribution >= 4 is 16.8 Å². The minimum atomic E-state index is -0.288. The molecule has 0 aromatic rings. The van der Waals surface area contributed by atoms with Gasteiger partial charge in [-0.25, -0.2) is 0 Å². The summed E-state index contributed by atoms with van der Waals surface area (Å²) >= 11 is 5.06. The van der Waals surface area contributed by atoms with Crippen LogP contribution < -0.4 is 0 Å². The van der Waals surface area contributed by atoms with Crippen molar-refractivity contribution in [2.45, 2.75) is 12.8 Å². The predicted molar refractivity (Wildman–Crippen MR) is 39.4 cm³/mol. The number of carbonyl (C=O) groups excluding carboxylic acids is 1. The fraction of sp³-hybridized carbons (Fsp3) is 0.286. The molecule has 0 bridgehead atoms. The van der Waals surface area contributed by atoms with Crippen LogP contribution in [-0.4, -0.2) is 5.24 Å². The van der Waals surface area contributed by atoms with Crippen LogP contribution in [0.25, 0.3) is 0 Å². The summed E-state index contributed by atoms with van der Waals surface area (Å²) in [5.41, 5.74) is 0. The van der Waals surface area contributed by atoms with Gasteiger partial charge in [-0.3, -0.25) is 4.79 Å². The Bertz CT molecular complexity index is 127. The topological polar surface area (TPSA) is 17.1 Å². The minimum Gasteiger partial charge on any atom is -0.281 e. The van der Waals surface area contributed by atoms with Gasteiger partial charge in [0.2, 0.25) is 5.24 Å². The Morgan fingerprint density at radius 1 is 1.67 bits per heavy atom. The molecule has 0 aromatic carbocycles. The minimum absolute atomic E-state index is 0.288. The van der Waals surface area contributed by atoms with Gasteiger partial charge in [0, 0.05) is 6.42 Å². The summed E-state index contributed by atoms with van der Waals surface area (Å²) in [5, 5.41) is -0.288. The van der Waals surface area contributed by atoms with Gasteiger partial charge in [0.05, 0.1) is 0 Å². The summed E-state index contributed by atoms with van der Waals surface area (Å²) in [4.78, 5) is 10.1. The first-order chi connectivity index (χ1) is 4.27. The van der Waals surface area contributed by atoms with Crippen LogP contribution in [0.15, 0.2) is 24.8 Å². The van der Waals surface area contributed by atoms with Gasteiger partial charge in [-0.05, 0) is 18.0 Å². The van der Waals surface area contributed by atoms with Crippen LogP contribution in [0.3, 0.4) is 0 Å². The van der Waals surface area contributed by atoms with E-state index in [1.165, 1.54) is 0 Å². The highest BCUT2D eigenvalue weighted by molar-refractivity contribution is 6.63. The maximum absolute atomic E-state index is 10.1. The zero-order valence-corrected chi connectivity index (χ0v) is 5.90. The maximum Gasteiger partial charge on any atom is 0.221 e. The molecule has 0 spiro atoms. The molecule has 50 valence electrons. The summed E-state index contributed by atoms with van der Waals surface area (Å²) in [6.07, 6.45) is 6.42. The van der Waals surface area contributed by atoms with Crippen LogP contribution in [0.5, 0.6) is 0 Å². The standard InChI is InChI=1S/C7H9ClO/c1-2-3-4-5-6-7(8)9/h2-4H,1,5-6H2/b4-3+. The predicted octanol–water partition coefficient (Wildman–Crippen LogP) is 2.27. The average molecular weight is 145 g/mol. The van der Waals surface area contributed by atoms with Gasteiger partial charge >= 0.3 is 0 Å². The first-order valence-corrected chi connectivity index (χ1v) is 3.11. The van der Waals surface area contributed by atoms with E-state index >= 15 is 0 Å². The van der Waals surface area contributed by atoms with Gasteiger partial charge < -0.3 is 0 Å². The third kappa shape index (κ3) is 7.44. The van der Waals surface area contributed by atoms with Crippen LogP contribution in [0.4, 0.5) is 0 Å². The van der Waals surface area contributed by atoms with E-state index in [1.807, 2.05) is 6.08 Å². The average Bonchev–Trinajstić information content (AvgIpc) is 1.80. The second-order valence-electron chi connectivity index (χ2n) is 1.56. The van der Waals surface area contributed by atoms with E-state index in [-0.39, 0.29) is 5.24 Å². The van der Waals surface area contributed by atoms with Gasteiger partial charge in [-0.2, -0.15) is 0 Å². The molecule has 2 heteroatoms. The third-order valence-corrected chi connectivity index (χ3v) is 0.969. The van der Waals surface area contributed by atoms with Crippen LogP contribution in [-0.2, 0) is 4.79 Å². The normalized spacial score (nSPS) is 9.89. The van der Waals surface area contributed by atoms with Crippen LogP contribution in [0, 0.1) is 0 Å². The largest absolute Gasteiger partial charge is 0.281 e. The Balaban J connectivity index is 3.19. The Kier molecular flexibility index (Phi) is 5.23. The van der Waals surface area contributed by atoms with Crippen molar-refractivity contribution in [1.29, 1.82) is 0 Å². The highest BCUT2D eigenvalue weighted by Gasteiger charge is 1.89. The molecule has 0 aliphatic rings. The van der Waals surface area contributed by atoms with Gasteiger partial charge in [0.15, 0.2) is 0 Å². The summed E-state index contributed by atoms with van der Waals surface area (Å²) in [7, 11) is 0. The fourth-order valence-electron chi connectivity index (χ4n) is 0.389. The Morgan fingerprint density at radius 3 is 2.78 bits per heavy atom. The number of hydrogen-bond donors (Lipinski definition) is 0. The lowest BCUT2D eigenvalue weighted by Crippen LogP contribution is -1.81. The van der Waals surface area contributed by atoms with Crippen molar-refractivity contribution in [2.24, 2.45) is 0 Å². The number of carbonyl (C=O) groups is 1. The molecular formula is C7H9ClO. The number of rotatable bonds is 4. The van der Waals surface area contributed by atoms with Crippen molar-refractivity contribution in [3.8, 4) is 0 Å². The van der Waals surface area contributed by atoms with Crippen molar-refractivity contribution in [2.75, 3.05) is 0 Å². The van der Waals surface area contributed by atoms with Crippen molar-refractivity contribution in [1.82, 2.24) is 0 Å². The molecule has 0 unspecified atom stereocenters. The van der Waals surface area contributed by atoms with E-state index in [4.69, 9.17) is 11.6 Å². The van der Waals surface area contributed by atoms with Crippen LogP contribution in [0.2, 0.25) is 0 Å². The monoisotopic (exact) mass is 144 g/mol. The molecule has 0 saturated carbocycles. The van der Waals surface area contributed by atoms with E-state index in [0.29, 0.717) is 12.8 Å². The van der Waals surface area contributed by atoms with Crippen LogP contribution >= 0.6 is 11.6 Å². The number of halogens is 1. The first kappa shape index (κ1) is 8.44. The van der Waals surface area contributed by atoms with Gasteiger partial charge in [-0.1, -0.05) is 24.8 Å². The molecule has 0 atom stereocenters. The molecule has 0 N–H and O–H groups in total. The van der Waals surface area contributed by atoms with Crippen molar-refractivity contribution in [3.05, 3.63) is 24.8 Å².